The molecule has 1 aromatic carbocycles. The zero-order valence-electron chi connectivity index (χ0n) is 19.0. The first-order chi connectivity index (χ1) is 16.9. The molecule has 3 aromatic heterocycles. The number of aliphatic carboxylic acids is 1. The number of nitrogen functional groups attached to an aromatic ring is 2. The average Bonchev–Trinajstić information content (AvgIpc) is 3.50. The average molecular weight is 479 g/mol. The minimum Gasteiger partial charge on any atom is -0.480 e. The molecule has 182 valence electrons. The normalized spacial score (nSPS) is 12.9. The fourth-order valence-corrected chi connectivity index (χ4v) is 4.04. The van der Waals surface area contributed by atoms with E-state index in [2.05, 4.69) is 47.8 Å². The summed E-state index contributed by atoms with van der Waals surface area (Å²) in [7, 11) is 0. The molecule has 4 aromatic rings. The minimum absolute atomic E-state index is 0.115. The lowest BCUT2D eigenvalue weighted by atomic mass is 9.89. The van der Waals surface area contributed by atoms with Crippen molar-refractivity contribution in [2.45, 2.75) is 44.6 Å². The van der Waals surface area contributed by atoms with Crippen molar-refractivity contribution >= 4 is 34.7 Å². The molecule has 8 N–H and O–H groups in total. The highest BCUT2D eigenvalue weighted by molar-refractivity contribution is 5.96. The highest BCUT2D eigenvalue weighted by atomic mass is 16.4. The van der Waals surface area contributed by atoms with Crippen molar-refractivity contribution in [3.05, 3.63) is 53.0 Å². The van der Waals surface area contributed by atoms with Crippen LogP contribution in [0.3, 0.4) is 0 Å². The molecule has 0 saturated heterocycles. The van der Waals surface area contributed by atoms with Crippen LogP contribution in [0, 0.1) is 0 Å². The summed E-state index contributed by atoms with van der Waals surface area (Å²) in [5.74, 6) is -0.614. The first-order valence-electron chi connectivity index (χ1n) is 11.1. The number of nitrogens with two attached hydrogens (primary N) is 2. The van der Waals surface area contributed by atoms with Gasteiger partial charge in [0.15, 0.2) is 5.82 Å². The molecule has 2 atom stereocenters. The van der Waals surface area contributed by atoms with Crippen LogP contribution in [0.15, 0.2) is 30.5 Å². The summed E-state index contributed by atoms with van der Waals surface area (Å²) in [5, 5.41) is 26.1. The van der Waals surface area contributed by atoms with Crippen LogP contribution in [0.1, 0.15) is 53.0 Å². The van der Waals surface area contributed by atoms with E-state index in [1.54, 1.807) is 12.1 Å². The van der Waals surface area contributed by atoms with Crippen LogP contribution < -0.4 is 16.8 Å². The van der Waals surface area contributed by atoms with Crippen LogP contribution in [-0.4, -0.2) is 58.6 Å². The molecule has 35 heavy (non-hydrogen) atoms. The first-order valence-corrected chi connectivity index (χ1v) is 11.1. The van der Waals surface area contributed by atoms with Gasteiger partial charge in [-0.05, 0) is 48.4 Å². The molecule has 0 spiro atoms. The van der Waals surface area contributed by atoms with Gasteiger partial charge in [0, 0.05) is 18.2 Å². The monoisotopic (exact) mass is 478 g/mol. The summed E-state index contributed by atoms with van der Waals surface area (Å²) in [6, 6.07) is 6.07. The summed E-state index contributed by atoms with van der Waals surface area (Å²) in [6.07, 6.45) is 3.81. The molecule has 0 fully saturated rings. The molecule has 0 saturated carbocycles. The van der Waals surface area contributed by atoms with Crippen molar-refractivity contribution in [1.82, 2.24) is 40.9 Å². The Labute approximate surface area is 199 Å². The molecule has 3 heterocycles. The van der Waals surface area contributed by atoms with Crippen LogP contribution in [0.4, 0.5) is 11.8 Å². The molecule has 4 rings (SSSR count). The van der Waals surface area contributed by atoms with E-state index in [1.807, 2.05) is 18.3 Å². The Kier molecular flexibility index (Phi) is 6.85. The highest BCUT2D eigenvalue weighted by Gasteiger charge is 2.22. The maximum atomic E-state index is 12.7. The van der Waals surface area contributed by atoms with Gasteiger partial charge in [-0.2, -0.15) is 15.2 Å². The third kappa shape index (κ3) is 5.34. The Morgan fingerprint density at radius 1 is 1.17 bits per heavy atom. The number of aryl methyl sites for hydroxylation is 1. The molecule has 0 bridgehead atoms. The number of amides is 1. The van der Waals surface area contributed by atoms with E-state index in [0.717, 1.165) is 22.9 Å². The molecule has 0 aliphatic heterocycles. The highest BCUT2D eigenvalue weighted by Crippen LogP contribution is 2.30. The van der Waals surface area contributed by atoms with Gasteiger partial charge in [-0.15, -0.1) is 10.2 Å². The summed E-state index contributed by atoms with van der Waals surface area (Å²) < 4.78 is 0. The lowest BCUT2D eigenvalue weighted by Gasteiger charge is -2.17. The Bertz CT molecular complexity index is 1320. The van der Waals surface area contributed by atoms with Gasteiger partial charge in [-0.3, -0.25) is 4.79 Å². The molecule has 1 unspecified atom stereocenters. The van der Waals surface area contributed by atoms with E-state index < -0.39 is 17.9 Å². The van der Waals surface area contributed by atoms with Crippen molar-refractivity contribution in [2.75, 3.05) is 11.5 Å². The number of nitrogens with zero attached hydrogens (tertiary/aromatic N) is 5. The number of carbonyl (C=O) groups is 2. The van der Waals surface area contributed by atoms with E-state index in [4.69, 9.17) is 11.5 Å². The Morgan fingerprint density at radius 2 is 1.94 bits per heavy atom. The van der Waals surface area contributed by atoms with E-state index in [9.17, 15) is 14.7 Å². The SMILES string of the molecule is CCC(Cc1c[nH]c2nc(N)nc(N)c12)c1ccc(C(=O)N[C@@H](CCc2nn[nH]n2)C(=O)O)cc1. The van der Waals surface area contributed by atoms with Gasteiger partial charge in [0.2, 0.25) is 5.95 Å². The third-order valence-electron chi connectivity index (χ3n) is 5.91. The van der Waals surface area contributed by atoms with Gasteiger partial charge in [0.25, 0.3) is 5.91 Å². The minimum atomic E-state index is -1.13. The number of carbonyl (C=O) groups excluding carboxylic acids is 1. The van der Waals surface area contributed by atoms with Crippen molar-refractivity contribution in [2.24, 2.45) is 0 Å². The third-order valence-corrected chi connectivity index (χ3v) is 5.91. The van der Waals surface area contributed by atoms with Crippen LogP contribution >= 0.6 is 0 Å². The fraction of sp³-hybridized carbons (Fsp3) is 0.318. The topological polar surface area (TPSA) is 214 Å². The molecular weight excluding hydrogens is 452 g/mol. The lowest BCUT2D eigenvalue weighted by molar-refractivity contribution is -0.139. The maximum absolute atomic E-state index is 12.7. The second kappa shape index (κ2) is 10.2. The number of rotatable bonds is 10. The molecule has 0 radical (unpaired) electrons. The van der Waals surface area contributed by atoms with Crippen LogP contribution in [0.25, 0.3) is 11.0 Å². The quantitative estimate of drug-likeness (QED) is 0.191. The van der Waals surface area contributed by atoms with Crippen LogP contribution in [0.5, 0.6) is 0 Å². The smallest absolute Gasteiger partial charge is 0.326 e. The van der Waals surface area contributed by atoms with Crippen molar-refractivity contribution < 1.29 is 14.7 Å². The fourth-order valence-electron chi connectivity index (χ4n) is 4.04. The summed E-state index contributed by atoms with van der Waals surface area (Å²) in [5.41, 5.74) is 14.7. The number of aromatic nitrogens is 7. The largest absolute Gasteiger partial charge is 0.480 e. The van der Waals surface area contributed by atoms with Gasteiger partial charge in [-0.1, -0.05) is 24.3 Å². The van der Waals surface area contributed by atoms with Gasteiger partial charge >= 0.3 is 5.97 Å². The second-order valence-corrected chi connectivity index (χ2v) is 8.17. The van der Waals surface area contributed by atoms with Crippen molar-refractivity contribution in [3.8, 4) is 0 Å². The Morgan fingerprint density at radius 3 is 2.60 bits per heavy atom. The number of aromatic amines is 2. The number of fused-ring (bicyclic) bond motifs is 1. The number of anilines is 2. The molecule has 1 amide bonds. The number of tetrazole rings is 1. The van der Waals surface area contributed by atoms with E-state index in [0.29, 0.717) is 29.3 Å². The van der Waals surface area contributed by atoms with Gasteiger partial charge in [0.1, 0.15) is 17.5 Å². The van der Waals surface area contributed by atoms with E-state index in [-0.39, 0.29) is 24.7 Å². The van der Waals surface area contributed by atoms with E-state index >= 15 is 0 Å². The predicted octanol–water partition coefficient (Wildman–Crippen LogP) is 1.19. The van der Waals surface area contributed by atoms with E-state index in [1.165, 1.54) is 0 Å². The van der Waals surface area contributed by atoms with Crippen molar-refractivity contribution in [3.63, 3.8) is 0 Å². The molecular formula is C22H26N10O3. The summed E-state index contributed by atoms with van der Waals surface area (Å²) in [6.45, 7) is 2.08. The molecule has 13 nitrogen and oxygen atoms in total. The zero-order valence-corrected chi connectivity index (χ0v) is 19.0. The van der Waals surface area contributed by atoms with Crippen LogP contribution in [0.2, 0.25) is 0 Å². The number of hydrogen-bond acceptors (Lipinski definition) is 9. The number of benzene rings is 1. The second-order valence-electron chi connectivity index (χ2n) is 8.17. The Balaban J connectivity index is 1.44. The molecule has 0 aliphatic carbocycles. The molecule has 0 aliphatic rings. The number of carboxylic acids is 1. The number of H-pyrrole nitrogens is 2. The summed E-state index contributed by atoms with van der Waals surface area (Å²) in [4.78, 5) is 35.6. The first kappa shape index (κ1) is 23.6. The molecule has 13 heteroatoms. The van der Waals surface area contributed by atoms with Gasteiger partial charge in [0.05, 0.1) is 5.39 Å². The van der Waals surface area contributed by atoms with Gasteiger partial charge in [-0.25, -0.2) is 4.79 Å². The number of nitrogens with one attached hydrogen (secondary N) is 3. The standard InChI is InChI=1S/C22H26N10O3/c1-2-11(9-14-10-25-19-17(14)18(23)27-22(24)28-19)12-3-5-13(6-4-12)20(33)26-15(21(34)35)7-8-16-29-31-32-30-16/h3-6,10-11,15H,2,7-9H2,1H3,(H,26,33)(H,34,35)(H,29,30,31,32)(H5,23,24,25,27,28)/t11?,15-/m0/s1. The number of carboxylic acid groups (broad SMARTS) is 1. The predicted molar refractivity (Wildman–Crippen MR) is 127 cm³/mol. The number of hydrogen-bond donors (Lipinski definition) is 6. The van der Waals surface area contributed by atoms with Crippen molar-refractivity contribution in [1.29, 1.82) is 0 Å². The Hall–Kier alpha value is -4.55. The maximum Gasteiger partial charge on any atom is 0.326 e. The lowest BCUT2D eigenvalue weighted by Crippen LogP contribution is -2.41. The zero-order chi connectivity index (χ0) is 24.9. The summed E-state index contributed by atoms with van der Waals surface area (Å²) >= 11 is 0. The van der Waals surface area contributed by atoms with Gasteiger partial charge < -0.3 is 26.9 Å². The van der Waals surface area contributed by atoms with Crippen LogP contribution in [-0.2, 0) is 17.6 Å².